The number of halogens is 1. The van der Waals surface area contributed by atoms with Gasteiger partial charge in [0.2, 0.25) is 11.8 Å². The minimum absolute atomic E-state index is 0.0363. The van der Waals surface area contributed by atoms with E-state index in [-0.39, 0.29) is 34.5 Å². The summed E-state index contributed by atoms with van der Waals surface area (Å²) in [4.78, 5) is 28.2. The molecule has 0 fully saturated rings. The maximum Gasteiger partial charge on any atom is 0.264 e. The zero-order chi connectivity index (χ0) is 30.2. The summed E-state index contributed by atoms with van der Waals surface area (Å²) in [6, 6.07) is 16.9. The van der Waals surface area contributed by atoms with Crippen LogP contribution in [0, 0.1) is 5.82 Å². The number of methoxy groups -OCH3 is 2. The molecule has 0 spiro atoms. The Hall–Kier alpha value is -4.12. The van der Waals surface area contributed by atoms with Crippen LogP contribution in [0.3, 0.4) is 0 Å². The van der Waals surface area contributed by atoms with E-state index in [4.69, 9.17) is 9.47 Å². The molecular formula is C30H36FN3O6S. The van der Waals surface area contributed by atoms with E-state index in [1.807, 2.05) is 13.8 Å². The molecule has 0 aliphatic rings. The Bertz CT molecular complexity index is 1450. The second kappa shape index (κ2) is 14.0. The molecule has 3 aromatic rings. The third-order valence-corrected chi connectivity index (χ3v) is 8.52. The van der Waals surface area contributed by atoms with Crippen LogP contribution >= 0.6 is 0 Å². The van der Waals surface area contributed by atoms with Crippen molar-refractivity contribution in [1.82, 2.24) is 10.2 Å². The molecule has 0 heterocycles. The zero-order valence-electron chi connectivity index (χ0n) is 23.8. The molecule has 41 heavy (non-hydrogen) atoms. The first-order valence-electron chi connectivity index (χ1n) is 13.2. The van der Waals surface area contributed by atoms with Gasteiger partial charge in [-0.3, -0.25) is 13.9 Å². The number of ether oxygens (including phenoxy) is 2. The minimum atomic E-state index is -4.26. The number of sulfonamides is 1. The number of carbonyl (C=O) groups excluding carboxylic acids is 2. The van der Waals surface area contributed by atoms with Crippen molar-refractivity contribution in [2.24, 2.45) is 0 Å². The van der Waals surface area contributed by atoms with E-state index in [1.165, 1.54) is 74.6 Å². The molecule has 3 aromatic carbocycles. The van der Waals surface area contributed by atoms with Crippen LogP contribution in [-0.2, 0) is 26.2 Å². The Labute approximate surface area is 240 Å². The summed E-state index contributed by atoms with van der Waals surface area (Å²) < 4.78 is 54.0. The van der Waals surface area contributed by atoms with E-state index >= 15 is 0 Å². The molecule has 2 atom stereocenters. The van der Waals surface area contributed by atoms with E-state index in [2.05, 4.69) is 5.32 Å². The van der Waals surface area contributed by atoms with Crippen LogP contribution in [0.25, 0.3) is 0 Å². The quantitative estimate of drug-likeness (QED) is 0.320. The number of rotatable bonds is 13. The van der Waals surface area contributed by atoms with Gasteiger partial charge >= 0.3 is 0 Å². The lowest BCUT2D eigenvalue weighted by molar-refractivity contribution is -0.139. The standard InChI is InChI=1S/C30H36FN3O6S/c1-6-21(2)32-30(36)22(3)33(19-23-12-10-11-15-26(23)31)29(35)20-34(41(37,38)25-13-8-7-9-14-25)24-16-17-27(39-4)28(18-24)40-5/h7-18,21-22H,6,19-20H2,1-5H3,(H,32,36)/t21-,22-/m0/s1. The van der Waals surface area contributed by atoms with Crippen LogP contribution in [0.2, 0.25) is 0 Å². The van der Waals surface area contributed by atoms with Crippen LogP contribution in [0.4, 0.5) is 10.1 Å². The SMILES string of the molecule is CC[C@H](C)NC(=O)[C@H](C)N(Cc1ccccc1F)C(=O)CN(c1ccc(OC)c(OC)c1)S(=O)(=O)c1ccccc1. The van der Waals surface area contributed by atoms with Crippen molar-refractivity contribution in [3.8, 4) is 11.5 Å². The topological polar surface area (TPSA) is 105 Å². The number of amides is 2. The Morgan fingerprint density at radius 2 is 1.56 bits per heavy atom. The predicted octanol–water partition coefficient (Wildman–Crippen LogP) is 4.37. The molecule has 0 aliphatic heterocycles. The molecule has 220 valence electrons. The summed E-state index contributed by atoms with van der Waals surface area (Å²) in [6.45, 7) is 4.36. The summed E-state index contributed by atoms with van der Waals surface area (Å²) in [6.07, 6.45) is 0.669. The van der Waals surface area contributed by atoms with Crippen molar-refractivity contribution < 1.29 is 31.9 Å². The van der Waals surface area contributed by atoms with Crippen molar-refractivity contribution in [3.63, 3.8) is 0 Å². The highest BCUT2D eigenvalue weighted by Gasteiger charge is 2.33. The third kappa shape index (κ3) is 7.55. The fourth-order valence-corrected chi connectivity index (χ4v) is 5.51. The average molecular weight is 586 g/mol. The van der Waals surface area contributed by atoms with Crippen molar-refractivity contribution in [3.05, 3.63) is 84.2 Å². The van der Waals surface area contributed by atoms with E-state index in [0.29, 0.717) is 12.2 Å². The Morgan fingerprint density at radius 3 is 2.17 bits per heavy atom. The molecule has 0 radical (unpaired) electrons. The number of anilines is 1. The second-order valence-electron chi connectivity index (χ2n) is 9.47. The summed E-state index contributed by atoms with van der Waals surface area (Å²) in [5.41, 5.74) is 0.329. The first-order chi connectivity index (χ1) is 19.5. The first kappa shape index (κ1) is 31.4. The maximum atomic E-state index is 14.7. The van der Waals surface area contributed by atoms with Crippen molar-refractivity contribution >= 4 is 27.5 Å². The third-order valence-electron chi connectivity index (χ3n) is 6.73. The fourth-order valence-electron chi connectivity index (χ4n) is 4.09. The van der Waals surface area contributed by atoms with E-state index in [0.717, 1.165) is 4.31 Å². The van der Waals surface area contributed by atoms with Gasteiger partial charge in [0.1, 0.15) is 18.4 Å². The molecule has 0 unspecified atom stereocenters. The molecule has 9 nitrogen and oxygen atoms in total. The molecule has 2 amide bonds. The number of hydrogen-bond donors (Lipinski definition) is 1. The van der Waals surface area contributed by atoms with Gasteiger partial charge in [-0.15, -0.1) is 0 Å². The van der Waals surface area contributed by atoms with Gasteiger partial charge in [-0.2, -0.15) is 0 Å². The van der Waals surface area contributed by atoms with Crippen LogP contribution < -0.4 is 19.1 Å². The molecule has 0 saturated carbocycles. The Morgan fingerprint density at radius 1 is 0.927 bits per heavy atom. The van der Waals surface area contributed by atoms with Crippen molar-refractivity contribution in [2.75, 3.05) is 25.1 Å². The molecule has 11 heteroatoms. The predicted molar refractivity (Wildman–Crippen MR) is 155 cm³/mol. The number of carbonyl (C=O) groups is 2. The second-order valence-corrected chi connectivity index (χ2v) is 11.3. The minimum Gasteiger partial charge on any atom is -0.493 e. The summed E-state index contributed by atoms with van der Waals surface area (Å²) in [5, 5.41) is 2.85. The average Bonchev–Trinajstić information content (AvgIpc) is 2.98. The smallest absolute Gasteiger partial charge is 0.264 e. The summed E-state index contributed by atoms with van der Waals surface area (Å²) >= 11 is 0. The highest BCUT2D eigenvalue weighted by atomic mass is 32.2. The van der Waals surface area contributed by atoms with Gasteiger partial charge in [-0.25, -0.2) is 12.8 Å². The van der Waals surface area contributed by atoms with Crippen LogP contribution in [0.1, 0.15) is 32.8 Å². The lowest BCUT2D eigenvalue weighted by Crippen LogP contribution is -2.52. The summed E-state index contributed by atoms with van der Waals surface area (Å²) in [7, 11) is -1.40. The fraction of sp³-hybridized carbons (Fsp3) is 0.333. The molecule has 1 N–H and O–H groups in total. The van der Waals surface area contributed by atoms with Crippen LogP contribution in [0.5, 0.6) is 11.5 Å². The lowest BCUT2D eigenvalue weighted by Gasteiger charge is -2.32. The van der Waals surface area contributed by atoms with Gasteiger partial charge in [-0.05, 0) is 50.6 Å². The highest BCUT2D eigenvalue weighted by molar-refractivity contribution is 7.92. The van der Waals surface area contributed by atoms with E-state index in [9.17, 15) is 22.4 Å². The van der Waals surface area contributed by atoms with Gasteiger partial charge in [0.15, 0.2) is 11.5 Å². The molecule has 3 rings (SSSR count). The number of benzene rings is 3. The maximum absolute atomic E-state index is 14.7. The molecule has 0 bridgehead atoms. The Kier molecular flexibility index (Phi) is 10.7. The van der Waals surface area contributed by atoms with Crippen molar-refractivity contribution in [2.45, 2.75) is 50.7 Å². The molecular weight excluding hydrogens is 549 g/mol. The van der Waals surface area contributed by atoms with Gasteiger partial charge in [-0.1, -0.05) is 43.3 Å². The number of nitrogens with zero attached hydrogens (tertiary/aromatic N) is 2. The number of hydrogen-bond acceptors (Lipinski definition) is 6. The molecule has 0 saturated heterocycles. The van der Waals surface area contributed by atoms with Gasteiger partial charge in [0.05, 0.1) is 24.8 Å². The van der Waals surface area contributed by atoms with Gasteiger partial charge in [0.25, 0.3) is 10.0 Å². The van der Waals surface area contributed by atoms with Gasteiger partial charge in [0, 0.05) is 24.2 Å². The Balaban J connectivity index is 2.08. The normalized spacial score (nSPS) is 12.6. The molecule has 0 aromatic heterocycles. The zero-order valence-corrected chi connectivity index (χ0v) is 24.7. The largest absolute Gasteiger partial charge is 0.493 e. The van der Waals surface area contributed by atoms with E-state index < -0.39 is 40.2 Å². The molecule has 0 aliphatic carbocycles. The van der Waals surface area contributed by atoms with Crippen molar-refractivity contribution in [1.29, 1.82) is 0 Å². The summed E-state index contributed by atoms with van der Waals surface area (Å²) in [5.74, 6) is -1.05. The van der Waals surface area contributed by atoms with Crippen LogP contribution in [-0.4, -0.2) is 58.0 Å². The van der Waals surface area contributed by atoms with E-state index in [1.54, 1.807) is 24.3 Å². The number of nitrogens with one attached hydrogen (secondary N) is 1. The first-order valence-corrected chi connectivity index (χ1v) is 14.6. The highest BCUT2D eigenvalue weighted by Crippen LogP contribution is 2.34. The monoisotopic (exact) mass is 585 g/mol. The lowest BCUT2D eigenvalue weighted by atomic mass is 10.1. The van der Waals surface area contributed by atoms with Crippen LogP contribution in [0.15, 0.2) is 77.7 Å². The van der Waals surface area contributed by atoms with Gasteiger partial charge < -0.3 is 19.7 Å².